The first kappa shape index (κ1) is 41.9. The predicted octanol–water partition coefficient (Wildman–Crippen LogP) is 15.4. The van der Waals surface area contributed by atoms with Gasteiger partial charge in [0.1, 0.15) is 0 Å². The molecule has 316 valence electrons. The third-order valence-corrected chi connectivity index (χ3v) is 11.9. The van der Waals surface area contributed by atoms with Gasteiger partial charge in [0.15, 0.2) is 11.7 Å². The van der Waals surface area contributed by atoms with Crippen LogP contribution in [0.1, 0.15) is 29.2 Å². The Bertz CT molecular complexity index is 3460. The molecule has 10 rings (SSSR count). The van der Waals surface area contributed by atoms with Crippen LogP contribution in [0, 0.1) is 11.3 Å². The smallest absolute Gasteiger partial charge is 0.160 e. The number of aromatic nitrogens is 2. The zero-order valence-corrected chi connectivity index (χ0v) is 36.9. The average molecular weight is 858 g/mol. The van der Waals surface area contributed by atoms with Gasteiger partial charge in [0.25, 0.3) is 0 Å². The van der Waals surface area contributed by atoms with Gasteiger partial charge in [0.2, 0.25) is 0 Å². The molecule has 0 spiro atoms. The van der Waals surface area contributed by atoms with Gasteiger partial charge in [0.05, 0.1) is 28.7 Å². The number of hydrogen-bond donors (Lipinski definition) is 0. The first-order valence-corrected chi connectivity index (χ1v) is 22.2. The molecule has 67 heavy (non-hydrogen) atoms. The van der Waals surface area contributed by atoms with E-state index in [4.69, 9.17) is 20.0 Å². The van der Waals surface area contributed by atoms with E-state index in [9.17, 15) is 5.26 Å². The van der Waals surface area contributed by atoms with Gasteiger partial charge in [-0.15, -0.1) is 0 Å². The third kappa shape index (κ3) is 9.01. The van der Waals surface area contributed by atoms with Crippen LogP contribution in [0.25, 0.3) is 83.8 Å². The van der Waals surface area contributed by atoms with Crippen molar-refractivity contribution in [2.75, 3.05) is 0 Å². The Morgan fingerprint density at radius 2 is 0.985 bits per heavy atom. The third-order valence-electron chi connectivity index (χ3n) is 11.9. The molecule has 0 aliphatic heterocycles. The monoisotopic (exact) mass is 857 g/mol. The van der Waals surface area contributed by atoms with Gasteiger partial charge in [-0.25, -0.2) is 20.0 Å². The summed E-state index contributed by atoms with van der Waals surface area (Å²) >= 11 is 0. The molecule has 0 aliphatic rings. The molecule has 10 aromatic rings. The molecular weight excluding hydrogens is 815 g/mol. The molecule has 0 bridgehead atoms. The van der Waals surface area contributed by atoms with Crippen LogP contribution in [-0.4, -0.2) is 21.5 Å². The van der Waals surface area contributed by atoms with Crippen LogP contribution in [0.4, 0.5) is 0 Å². The molecule has 5 nitrogen and oxygen atoms in total. The Morgan fingerprint density at radius 3 is 1.69 bits per heavy atom. The summed E-state index contributed by atoms with van der Waals surface area (Å²) in [5, 5.41) is 11.8. The number of nitrogens with zero attached hydrogens (tertiary/aromatic N) is 5. The van der Waals surface area contributed by atoms with Crippen molar-refractivity contribution in [1.82, 2.24) is 9.97 Å². The maximum Gasteiger partial charge on any atom is 0.160 e. The van der Waals surface area contributed by atoms with Crippen molar-refractivity contribution in [3.05, 3.63) is 259 Å². The predicted molar refractivity (Wildman–Crippen MR) is 278 cm³/mol. The minimum absolute atomic E-state index is 0.542. The quantitative estimate of drug-likeness (QED) is 0.102. The molecule has 0 N–H and O–H groups in total. The molecule has 1 aromatic heterocycles. The van der Waals surface area contributed by atoms with Gasteiger partial charge in [-0.1, -0.05) is 213 Å². The number of nitriles is 1. The van der Waals surface area contributed by atoms with E-state index in [-0.39, 0.29) is 0 Å². The van der Waals surface area contributed by atoms with Crippen LogP contribution >= 0.6 is 0 Å². The van der Waals surface area contributed by atoms with Crippen molar-refractivity contribution in [3.63, 3.8) is 0 Å². The second kappa shape index (κ2) is 18.9. The fourth-order valence-electron chi connectivity index (χ4n) is 8.44. The van der Waals surface area contributed by atoms with E-state index in [0.29, 0.717) is 22.9 Å². The molecule has 0 unspecified atom stereocenters. The summed E-state index contributed by atoms with van der Waals surface area (Å²) in [5.74, 6) is 1.21. The largest absolute Gasteiger partial charge is 0.233 e. The van der Waals surface area contributed by atoms with Gasteiger partial charge in [-0.3, -0.25) is 0 Å². The van der Waals surface area contributed by atoms with Crippen molar-refractivity contribution in [2.24, 2.45) is 9.98 Å². The standard InChI is InChI=1S/C62H43N5/c1-42(44-18-7-3-8-19-44)64-62(52-27-17-26-51(38-52)55-36-35-53(41-63)54-28-15-16-29-56(54)55)65-43(2)45-30-32-47(33-31-45)58-39-50(46-20-9-4-10-21-46)34-37-57(58)60-40-59(48-22-11-5-12-23-48)66-61(67-60)49-24-13-6-14-25-49/h3-40H,1H2,2H3/b64-62-,65-43+. The summed E-state index contributed by atoms with van der Waals surface area (Å²) in [6.45, 7) is 6.39. The Labute approximate surface area is 391 Å². The normalized spacial score (nSPS) is 11.6. The lowest BCUT2D eigenvalue weighted by molar-refractivity contribution is 1.18. The highest BCUT2D eigenvalue weighted by Crippen LogP contribution is 2.38. The van der Waals surface area contributed by atoms with E-state index in [1.165, 1.54) is 0 Å². The van der Waals surface area contributed by atoms with Crippen LogP contribution < -0.4 is 0 Å². The highest BCUT2D eigenvalue weighted by molar-refractivity contribution is 6.13. The lowest BCUT2D eigenvalue weighted by Gasteiger charge is -2.15. The number of hydrogen-bond acceptors (Lipinski definition) is 4. The molecule has 5 heteroatoms. The SMILES string of the molecule is C=C(/N=C(\N=C(/C)c1ccc(-c2cc(-c3ccccc3)ccc2-c2cc(-c3ccccc3)nc(-c3ccccc3)n2)cc1)c1cccc(-c2ccc(C#N)c3ccccc23)c1)c1ccccc1. The lowest BCUT2D eigenvalue weighted by atomic mass is 9.92. The van der Waals surface area contributed by atoms with Crippen LogP contribution in [0.3, 0.4) is 0 Å². The second-order valence-electron chi connectivity index (χ2n) is 16.2. The van der Waals surface area contributed by atoms with Gasteiger partial charge < -0.3 is 0 Å². The molecule has 0 radical (unpaired) electrons. The Hall–Kier alpha value is -9.11. The molecule has 9 aromatic carbocycles. The molecule has 1 heterocycles. The van der Waals surface area contributed by atoms with Crippen molar-refractivity contribution in [2.45, 2.75) is 6.92 Å². The zero-order chi connectivity index (χ0) is 45.5. The lowest BCUT2D eigenvalue weighted by Crippen LogP contribution is -2.05. The highest BCUT2D eigenvalue weighted by Gasteiger charge is 2.17. The molecule has 0 atom stereocenters. The maximum atomic E-state index is 9.85. The number of benzene rings is 9. The van der Waals surface area contributed by atoms with E-state index < -0.39 is 0 Å². The first-order valence-electron chi connectivity index (χ1n) is 22.2. The summed E-state index contributed by atoms with van der Waals surface area (Å²) in [4.78, 5) is 20.6. The Kier molecular flexibility index (Phi) is 11.8. The fourth-order valence-corrected chi connectivity index (χ4v) is 8.44. The number of rotatable bonds is 10. The number of fused-ring (bicyclic) bond motifs is 1. The minimum Gasteiger partial charge on any atom is -0.233 e. The number of aliphatic imine (C=N–C) groups is 2. The van der Waals surface area contributed by atoms with Gasteiger partial charge in [-0.05, 0) is 81.1 Å². The van der Waals surface area contributed by atoms with Crippen molar-refractivity contribution in [1.29, 1.82) is 5.26 Å². The van der Waals surface area contributed by atoms with Gasteiger partial charge in [0, 0.05) is 33.4 Å². The first-order chi connectivity index (χ1) is 33.0. The zero-order valence-electron chi connectivity index (χ0n) is 36.9. The average Bonchev–Trinajstić information content (AvgIpc) is 3.41. The summed E-state index contributed by atoms with van der Waals surface area (Å²) in [6.07, 6.45) is 0. The van der Waals surface area contributed by atoms with E-state index >= 15 is 0 Å². The van der Waals surface area contributed by atoms with E-state index in [1.807, 2.05) is 122 Å². The van der Waals surface area contributed by atoms with Crippen LogP contribution in [0.2, 0.25) is 0 Å². The van der Waals surface area contributed by atoms with Crippen molar-refractivity contribution >= 4 is 28.0 Å². The van der Waals surface area contributed by atoms with Crippen LogP contribution in [-0.2, 0) is 0 Å². The maximum absolute atomic E-state index is 9.85. The fraction of sp³-hybridized carbons (Fsp3) is 0.0161. The molecule has 0 saturated heterocycles. The topological polar surface area (TPSA) is 74.3 Å². The second-order valence-corrected chi connectivity index (χ2v) is 16.2. The van der Waals surface area contributed by atoms with Crippen molar-refractivity contribution in [3.8, 4) is 73.4 Å². The molecule has 0 amide bonds. The summed E-state index contributed by atoms with van der Waals surface area (Å²) in [6, 6.07) is 80.7. The molecule has 0 fully saturated rings. The Balaban J connectivity index is 1.06. The van der Waals surface area contributed by atoms with Gasteiger partial charge in [-0.2, -0.15) is 5.26 Å². The number of amidine groups is 1. The Morgan fingerprint density at radius 1 is 0.418 bits per heavy atom. The molecule has 0 saturated carbocycles. The van der Waals surface area contributed by atoms with Crippen LogP contribution in [0.5, 0.6) is 0 Å². The highest BCUT2D eigenvalue weighted by atomic mass is 14.9. The summed E-state index contributed by atoms with van der Waals surface area (Å²) < 4.78 is 0. The summed E-state index contributed by atoms with van der Waals surface area (Å²) in [5.41, 5.74) is 15.8. The summed E-state index contributed by atoms with van der Waals surface area (Å²) in [7, 11) is 0. The minimum atomic E-state index is 0.542. The van der Waals surface area contributed by atoms with E-state index in [1.54, 1.807) is 0 Å². The molecule has 0 aliphatic carbocycles. The van der Waals surface area contributed by atoms with Crippen LogP contribution in [0.15, 0.2) is 247 Å². The van der Waals surface area contributed by atoms with E-state index in [0.717, 1.165) is 94.6 Å². The van der Waals surface area contributed by atoms with Crippen molar-refractivity contribution < 1.29 is 0 Å². The van der Waals surface area contributed by atoms with Gasteiger partial charge >= 0.3 is 0 Å². The molecular formula is C62H43N5. The van der Waals surface area contributed by atoms with E-state index in [2.05, 4.69) is 128 Å².